The molecule has 0 heterocycles. The highest BCUT2D eigenvalue weighted by Crippen LogP contribution is 2.43. The quantitative estimate of drug-likeness (QED) is 0.0127. The summed E-state index contributed by atoms with van der Waals surface area (Å²) < 4.78 is 47.7. The molecule has 0 bridgehead atoms. The summed E-state index contributed by atoms with van der Waals surface area (Å²) in [6.45, 7) is 1.38. The van der Waals surface area contributed by atoms with Crippen LogP contribution in [0.1, 0.15) is 149 Å². The fourth-order valence-electron chi connectivity index (χ4n) is 5.56. The second-order valence-electron chi connectivity index (χ2n) is 15.1. The van der Waals surface area contributed by atoms with Crippen LogP contribution in [0, 0.1) is 0 Å². The van der Waals surface area contributed by atoms with Gasteiger partial charge in [0.1, 0.15) is 12.7 Å². The first kappa shape index (κ1) is 61.0. The van der Waals surface area contributed by atoms with Crippen LogP contribution in [0.3, 0.4) is 0 Å². The van der Waals surface area contributed by atoms with Gasteiger partial charge in [0.05, 0.1) is 25.9 Å². The van der Waals surface area contributed by atoms with Crippen LogP contribution in [-0.4, -0.2) is 81.6 Å². The first-order valence-electron chi connectivity index (χ1n) is 23.0. The van der Waals surface area contributed by atoms with Gasteiger partial charge in [-0.1, -0.05) is 150 Å². The van der Waals surface area contributed by atoms with E-state index >= 15 is 0 Å². The van der Waals surface area contributed by atoms with Gasteiger partial charge in [-0.3, -0.25) is 23.2 Å². The highest BCUT2D eigenvalue weighted by Gasteiger charge is 2.28. The zero-order chi connectivity index (χ0) is 47.4. The number of esters is 2. The van der Waals surface area contributed by atoms with E-state index in [1.165, 1.54) is 38.5 Å². The molecule has 0 rings (SSSR count). The summed E-state index contributed by atoms with van der Waals surface area (Å²) in [6, 6.07) is 0. The largest absolute Gasteiger partial charge is 0.472 e. The van der Waals surface area contributed by atoms with E-state index in [0.29, 0.717) is 6.42 Å². The lowest BCUT2D eigenvalue weighted by atomic mass is 10.1. The third kappa shape index (κ3) is 45.6. The maximum Gasteiger partial charge on any atom is 0.472 e. The first-order valence-corrected chi connectivity index (χ1v) is 26.1. The zero-order valence-corrected chi connectivity index (χ0v) is 40.2. The van der Waals surface area contributed by atoms with Crippen LogP contribution in [0.25, 0.3) is 0 Å². The Morgan fingerprint density at radius 3 is 1.62 bits per heavy atom. The van der Waals surface area contributed by atoms with Crippen molar-refractivity contribution in [3.05, 3.63) is 97.2 Å². The third-order valence-electron chi connectivity index (χ3n) is 9.05. The number of carbonyl (C=O) groups excluding carboxylic acids is 2. The van der Waals surface area contributed by atoms with Crippen molar-refractivity contribution in [3.63, 3.8) is 0 Å². The minimum absolute atomic E-state index is 0.106. The van der Waals surface area contributed by atoms with Crippen molar-refractivity contribution in [1.29, 1.82) is 0 Å². The monoisotopic (exact) mass is 943 g/mol. The second-order valence-corrected chi connectivity index (χ2v) is 17.8. The molecule has 0 aliphatic rings. The number of unbranched alkanes of at least 4 members (excludes halogenated alkanes) is 9. The summed E-state index contributed by atoms with van der Waals surface area (Å²) in [5, 5.41) is 20.1. The molecule has 2 unspecified atom stereocenters. The number of ether oxygens (including phenoxy) is 2. The molecule has 366 valence electrons. The van der Waals surface area contributed by atoms with Crippen molar-refractivity contribution in [2.24, 2.45) is 0 Å². The van der Waals surface area contributed by atoms with Gasteiger partial charge in [-0.15, -0.1) is 0 Å². The lowest BCUT2D eigenvalue weighted by Gasteiger charge is -2.20. The SMILES string of the molecule is CC/C=C\C/C=C\C/C=C\C/C=C\C/C=C\CCCCCC(=O)OC[C@H](COP(=O)(O)OC[C@@H](O)COP(=O)(O)O)OC(=O)CCCC(O)/C=C/C=C/C/C=C/CCCCCCCC. The molecule has 0 aliphatic heterocycles. The summed E-state index contributed by atoms with van der Waals surface area (Å²) in [5.74, 6) is -1.28. The zero-order valence-electron chi connectivity index (χ0n) is 38.5. The lowest BCUT2D eigenvalue weighted by Crippen LogP contribution is -2.30. The van der Waals surface area contributed by atoms with Crippen LogP contribution in [0.4, 0.5) is 0 Å². The van der Waals surface area contributed by atoms with E-state index in [4.69, 9.17) is 23.8 Å². The number of rotatable bonds is 42. The van der Waals surface area contributed by atoms with Crippen molar-refractivity contribution < 1.29 is 66.7 Å². The number of phosphoric acid groups is 2. The van der Waals surface area contributed by atoms with E-state index in [9.17, 15) is 33.8 Å². The number of hydrogen-bond acceptors (Lipinski definition) is 11. The Hall–Kier alpha value is -3.00. The van der Waals surface area contributed by atoms with E-state index in [1.807, 2.05) is 12.2 Å². The van der Waals surface area contributed by atoms with Crippen LogP contribution >= 0.6 is 15.6 Å². The lowest BCUT2D eigenvalue weighted by molar-refractivity contribution is -0.161. The number of carbonyl (C=O) groups is 2. The van der Waals surface area contributed by atoms with Gasteiger partial charge in [-0.2, -0.15) is 0 Å². The van der Waals surface area contributed by atoms with Gasteiger partial charge in [-0.05, 0) is 83.5 Å². The summed E-state index contributed by atoms with van der Waals surface area (Å²) >= 11 is 0. The van der Waals surface area contributed by atoms with Crippen molar-refractivity contribution in [3.8, 4) is 0 Å². The van der Waals surface area contributed by atoms with Gasteiger partial charge in [-0.25, -0.2) is 9.13 Å². The molecule has 14 nitrogen and oxygen atoms in total. The van der Waals surface area contributed by atoms with Gasteiger partial charge in [0.15, 0.2) is 6.10 Å². The van der Waals surface area contributed by atoms with Crippen LogP contribution in [0.15, 0.2) is 97.2 Å². The molecule has 0 fully saturated rings. The molecule has 0 spiro atoms. The first-order chi connectivity index (χ1) is 30.8. The Bertz CT molecular complexity index is 1510. The maximum absolute atomic E-state index is 12.7. The Morgan fingerprint density at radius 1 is 0.531 bits per heavy atom. The minimum atomic E-state index is -4.89. The minimum Gasteiger partial charge on any atom is -0.462 e. The van der Waals surface area contributed by atoms with Gasteiger partial charge in [0.25, 0.3) is 0 Å². The summed E-state index contributed by atoms with van der Waals surface area (Å²) in [7, 11) is -9.77. The van der Waals surface area contributed by atoms with Gasteiger partial charge < -0.3 is 34.4 Å². The number of phosphoric ester groups is 2. The van der Waals surface area contributed by atoms with Crippen LogP contribution in [0.2, 0.25) is 0 Å². The molecule has 0 amide bonds. The molecule has 0 saturated heterocycles. The molecule has 4 atom stereocenters. The smallest absolute Gasteiger partial charge is 0.462 e. The molecule has 0 saturated carbocycles. The molecule has 16 heteroatoms. The molecule has 5 N–H and O–H groups in total. The Kier molecular flexibility index (Phi) is 40.6. The maximum atomic E-state index is 12.7. The Labute approximate surface area is 383 Å². The van der Waals surface area contributed by atoms with Crippen LogP contribution < -0.4 is 0 Å². The topological polar surface area (TPSA) is 216 Å². The van der Waals surface area contributed by atoms with Gasteiger partial charge in [0.2, 0.25) is 0 Å². The van der Waals surface area contributed by atoms with Crippen LogP contribution in [-0.2, 0) is 41.8 Å². The third-order valence-corrected chi connectivity index (χ3v) is 10.5. The molecule has 64 heavy (non-hydrogen) atoms. The van der Waals surface area contributed by atoms with Crippen molar-refractivity contribution in [1.82, 2.24) is 0 Å². The fourth-order valence-corrected chi connectivity index (χ4v) is 6.71. The fraction of sp³-hybridized carbons (Fsp3) is 0.625. The molecule has 0 aliphatic carbocycles. The molecule has 0 radical (unpaired) electrons. The summed E-state index contributed by atoms with van der Waals surface area (Å²) in [4.78, 5) is 52.8. The van der Waals surface area contributed by atoms with Crippen LogP contribution in [0.5, 0.6) is 0 Å². The molecule has 0 aromatic rings. The summed E-state index contributed by atoms with van der Waals surface area (Å²) in [5.41, 5.74) is 0. The molecular weight excluding hydrogens is 862 g/mol. The predicted molar refractivity (Wildman–Crippen MR) is 254 cm³/mol. The Morgan fingerprint density at radius 2 is 1.03 bits per heavy atom. The highest BCUT2D eigenvalue weighted by molar-refractivity contribution is 7.47. The van der Waals surface area contributed by atoms with Crippen molar-refractivity contribution >= 4 is 27.6 Å². The number of aliphatic hydroxyl groups is 2. The molecular formula is C48H80O14P2. The van der Waals surface area contributed by atoms with E-state index in [-0.39, 0.29) is 25.7 Å². The number of aliphatic hydroxyl groups excluding tert-OH is 2. The van der Waals surface area contributed by atoms with E-state index in [0.717, 1.165) is 64.2 Å². The normalized spacial score (nSPS) is 15.3. The number of allylic oxidation sites excluding steroid dienone is 15. The van der Waals surface area contributed by atoms with Gasteiger partial charge in [0, 0.05) is 12.8 Å². The molecule has 0 aromatic heterocycles. The van der Waals surface area contributed by atoms with E-state index < -0.39 is 72.3 Å². The standard InChI is InChI=1S/C48H80O14P2/c1-3-5-7-9-11-13-15-17-18-19-20-21-22-24-26-28-30-32-34-38-47(51)58-42-46(43-61-64(56,57)60-41-45(50)40-59-63(53,54)55)62-48(52)39-35-37-44(49)36-33-31-29-27-25-23-16-14-12-10-8-6-4-2/h5,7,11,13,17-18,20-21,23-26,29,31,33,36,44-46,49-50H,3-4,6,8-10,12,14-16,19,22,27-28,30,32,34-35,37-43H2,1-2H3,(H,56,57)(H2,53,54,55)/b7-5-,13-11-,18-17-,21-20-,25-23+,26-24-,31-29+,36-33+/t44?,45-,46+/m0/s1. The average Bonchev–Trinajstić information content (AvgIpc) is 3.25. The van der Waals surface area contributed by atoms with Crippen molar-refractivity contribution in [2.75, 3.05) is 26.4 Å². The molecule has 0 aromatic carbocycles. The van der Waals surface area contributed by atoms with Crippen molar-refractivity contribution in [2.45, 2.75) is 167 Å². The average molecular weight is 943 g/mol. The van der Waals surface area contributed by atoms with E-state index in [1.54, 1.807) is 12.2 Å². The highest BCUT2D eigenvalue weighted by atomic mass is 31.2. The predicted octanol–water partition coefficient (Wildman–Crippen LogP) is 11.1. The van der Waals surface area contributed by atoms with Gasteiger partial charge >= 0.3 is 27.6 Å². The van der Waals surface area contributed by atoms with E-state index in [2.05, 4.69) is 95.8 Å². The number of hydrogen-bond donors (Lipinski definition) is 5. The summed E-state index contributed by atoms with van der Waals surface area (Å²) in [6.07, 6.45) is 47.1. The Balaban J connectivity index is 4.74. The second kappa shape index (κ2) is 42.6.